The van der Waals surface area contributed by atoms with Crippen molar-refractivity contribution in [1.82, 2.24) is 15.2 Å². The summed E-state index contributed by atoms with van der Waals surface area (Å²) < 4.78 is 10.0. The first-order valence-corrected chi connectivity index (χ1v) is 4.88. The van der Waals surface area contributed by atoms with Crippen LogP contribution in [-0.4, -0.2) is 29.4 Å². The van der Waals surface area contributed by atoms with Gasteiger partial charge in [0.15, 0.2) is 11.6 Å². The van der Waals surface area contributed by atoms with Crippen LogP contribution in [0, 0.1) is 0 Å². The average Bonchev–Trinajstić information content (AvgIpc) is 2.78. The standard InChI is InChI=1S/C11H13N3O2/c1-15-7-10-12-11(14-13-10)8-3-5-9(16-2)6-4-8/h3-6H,7H2,1-2H3,(H,12,13,14). The van der Waals surface area contributed by atoms with Crippen molar-refractivity contribution in [3.63, 3.8) is 0 Å². The molecule has 1 N–H and O–H groups in total. The second kappa shape index (κ2) is 4.76. The molecule has 16 heavy (non-hydrogen) atoms. The number of ether oxygens (including phenoxy) is 2. The highest BCUT2D eigenvalue weighted by molar-refractivity contribution is 5.55. The number of hydrogen-bond acceptors (Lipinski definition) is 4. The molecule has 0 saturated heterocycles. The van der Waals surface area contributed by atoms with Crippen molar-refractivity contribution in [2.24, 2.45) is 0 Å². The highest BCUT2D eigenvalue weighted by atomic mass is 16.5. The maximum absolute atomic E-state index is 5.08. The molecule has 0 bridgehead atoms. The van der Waals surface area contributed by atoms with Crippen molar-refractivity contribution in [2.75, 3.05) is 14.2 Å². The Morgan fingerprint density at radius 2 is 1.94 bits per heavy atom. The first-order chi connectivity index (χ1) is 7.83. The number of hydrogen-bond donors (Lipinski definition) is 1. The summed E-state index contributed by atoms with van der Waals surface area (Å²) in [7, 11) is 3.26. The zero-order valence-corrected chi connectivity index (χ0v) is 9.23. The lowest BCUT2D eigenvalue weighted by Gasteiger charge is -1.99. The molecule has 1 heterocycles. The Morgan fingerprint density at radius 1 is 1.19 bits per heavy atom. The number of aromatic amines is 1. The molecule has 5 heteroatoms. The predicted octanol–water partition coefficient (Wildman–Crippen LogP) is 1.63. The van der Waals surface area contributed by atoms with Gasteiger partial charge in [-0.25, -0.2) is 4.98 Å². The summed E-state index contributed by atoms with van der Waals surface area (Å²) in [6.07, 6.45) is 0. The van der Waals surface area contributed by atoms with E-state index in [0.29, 0.717) is 18.3 Å². The van der Waals surface area contributed by atoms with Crippen LogP contribution < -0.4 is 4.74 Å². The van der Waals surface area contributed by atoms with E-state index in [2.05, 4.69) is 15.2 Å². The third kappa shape index (κ3) is 2.20. The summed E-state index contributed by atoms with van der Waals surface area (Å²) in [6.45, 7) is 0.434. The van der Waals surface area contributed by atoms with E-state index in [0.717, 1.165) is 11.3 Å². The van der Waals surface area contributed by atoms with E-state index in [1.807, 2.05) is 24.3 Å². The van der Waals surface area contributed by atoms with Crippen molar-refractivity contribution < 1.29 is 9.47 Å². The zero-order valence-electron chi connectivity index (χ0n) is 9.23. The monoisotopic (exact) mass is 219 g/mol. The third-order valence-corrected chi connectivity index (χ3v) is 2.16. The zero-order chi connectivity index (χ0) is 11.4. The van der Waals surface area contributed by atoms with Gasteiger partial charge in [0.2, 0.25) is 0 Å². The van der Waals surface area contributed by atoms with Crippen LogP contribution in [0.1, 0.15) is 5.82 Å². The van der Waals surface area contributed by atoms with Crippen molar-refractivity contribution in [2.45, 2.75) is 6.61 Å². The highest BCUT2D eigenvalue weighted by Crippen LogP contribution is 2.18. The molecule has 0 atom stereocenters. The maximum atomic E-state index is 5.08. The average molecular weight is 219 g/mol. The molecule has 0 aliphatic carbocycles. The van der Waals surface area contributed by atoms with Gasteiger partial charge in [-0.2, -0.15) is 5.10 Å². The van der Waals surface area contributed by atoms with E-state index in [1.165, 1.54) is 0 Å². The van der Waals surface area contributed by atoms with Crippen LogP contribution in [-0.2, 0) is 11.3 Å². The summed E-state index contributed by atoms with van der Waals surface area (Å²) in [5.41, 5.74) is 0.944. The van der Waals surface area contributed by atoms with Crippen molar-refractivity contribution in [3.05, 3.63) is 30.1 Å². The van der Waals surface area contributed by atoms with E-state index in [9.17, 15) is 0 Å². The van der Waals surface area contributed by atoms with Gasteiger partial charge < -0.3 is 9.47 Å². The lowest BCUT2D eigenvalue weighted by atomic mass is 10.2. The summed E-state index contributed by atoms with van der Waals surface area (Å²) in [5, 5.41) is 6.92. The minimum atomic E-state index is 0.434. The Labute approximate surface area is 93.4 Å². The maximum Gasteiger partial charge on any atom is 0.181 e. The van der Waals surface area contributed by atoms with E-state index >= 15 is 0 Å². The minimum Gasteiger partial charge on any atom is -0.497 e. The van der Waals surface area contributed by atoms with Gasteiger partial charge >= 0.3 is 0 Å². The largest absolute Gasteiger partial charge is 0.497 e. The molecule has 0 aliphatic rings. The first kappa shape index (κ1) is 10.6. The molecule has 0 aliphatic heterocycles. The van der Waals surface area contributed by atoms with Crippen molar-refractivity contribution >= 4 is 0 Å². The number of nitrogens with one attached hydrogen (secondary N) is 1. The van der Waals surface area contributed by atoms with Crippen LogP contribution >= 0.6 is 0 Å². The van der Waals surface area contributed by atoms with E-state index in [1.54, 1.807) is 14.2 Å². The lowest BCUT2D eigenvalue weighted by Crippen LogP contribution is -1.89. The van der Waals surface area contributed by atoms with Gasteiger partial charge in [0.1, 0.15) is 12.4 Å². The summed E-state index contributed by atoms with van der Waals surface area (Å²) in [5.74, 6) is 2.19. The fourth-order valence-electron chi connectivity index (χ4n) is 1.37. The molecule has 0 unspecified atom stereocenters. The molecular weight excluding hydrogens is 206 g/mol. The Kier molecular flexibility index (Phi) is 3.16. The van der Waals surface area contributed by atoms with Gasteiger partial charge in [0.25, 0.3) is 0 Å². The fourth-order valence-corrected chi connectivity index (χ4v) is 1.37. The topological polar surface area (TPSA) is 60.0 Å². The van der Waals surface area contributed by atoms with Gasteiger partial charge in [0.05, 0.1) is 7.11 Å². The van der Waals surface area contributed by atoms with Crippen LogP contribution in [0.3, 0.4) is 0 Å². The Balaban J connectivity index is 2.21. The first-order valence-electron chi connectivity index (χ1n) is 4.88. The summed E-state index contributed by atoms with van der Waals surface area (Å²) in [4.78, 5) is 4.29. The second-order valence-electron chi connectivity index (χ2n) is 3.27. The smallest absolute Gasteiger partial charge is 0.181 e. The van der Waals surface area contributed by atoms with E-state index < -0.39 is 0 Å². The molecule has 0 fully saturated rings. The number of rotatable bonds is 4. The molecule has 0 radical (unpaired) electrons. The van der Waals surface area contributed by atoms with E-state index in [4.69, 9.17) is 9.47 Å². The molecule has 0 amide bonds. The van der Waals surface area contributed by atoms with Gasteiger partial charge in [-0.3, -0.25) is 5.10 Å². The summed E-state index contributed by atoms with van der Waals surface area (Å²) >= 11 is 0. The number of aromatic nitrogens is 3. The molecule has 0 saturated carbocycles. The van der Waals surface area contributed by atoms with E-state index in [-0.39, 0.29) is 0 Å². The molecule has 1 aromatic carbocycles. The molecule has 1 aromatic heterocycles. The van der Waals surface area contributed by atoms with Crippen LogP contribution in [0.2, 0.25) is 0 Å². The molecule has 0 spiro atoms. The van der Waals surface area contributed by atoms with Gasteiger partial charge in [0, 0.05) is 12.7 Å². The lowest BCUT2D eigenvalue weighted by molar-refractivity contribution is 0.178. The molecule has 2 rings (SSSR count). The number of nitrogens with zero attached hydrogens (tertiary/aromatic N) is 2. The molecule has 5 nitrogen and oxygen atoms in total. The Morgan fingerprint density at radius 3 is 2.56 bits per heavy atom. The quantitative estimate of drug-likeness (QED) is 0.849. The van der Waals surface area contributed by atoms with Crippen molar-refractivity contribution in [3.8, 4) is 17.1 Å². The van der Waals surface area contributed by atoms with Crippen LogP contribution in [0.25, 0.3) is 11.4 Å². The van der Waals surface area contributed by atoms with Crippen LogP contribution in [0.4, 0.5) is 0 Å². The SMILES string of the molecule is COCc1nc(-c2ccc(OC)cc2)n[nH]1. The minimum absolute atomic E-state index is 0.434. The third-order valence-electron chi connectivity index (χ3n) is 2.16. The van der Waals surface area contributed by atoms with Crippen LogP contribution in [0.15, 0.2) is 24.3 Å². The number of benzene rings is 1. The number of methoxy groups -OCH3 is 2. The second-order valence-corrected chi connectivity index (χ2v) is 3.27. The molecule has 84 valence electrons. The molecular formula is C11H13N3O2. The highest BCUT2D eigenvalue weighted by Gasteiger charge is 2.05. The normalized spacial score (nSPS) is 10.4. The predicted molar refractivity (Wildman–Crippen MR) is 59.1 cm³/mol. The van der Waals surface area contributed by atoms with Gasteiger partial charge in [-0.1, -0.05) is 0 Å². The Bertz CT molecular complexity index is 451. The van der Waals surface area contributed by atoms with Crippen molar-refractivity contribution in [1.29, 1.82) is 0 Å². The van der Waals surface area contributed by atoms with Gasteiger partial charge in [-0.05, 0) is 24.3 Å². The van der Waals surface area contributed by atoms with Crippen LogP contribution in [0.5, 0.6) is 5.75 Å². The fraction of sp³-hybridized carbons (Fsp3) is 0.273. The summed E-state index contributed by atoms with van der Waals surface area (Å²) in [6, 6.07) is 7.58. The molecule has 2 aromatic rings. The van der Waals surface area contributed by atoms with Gasteiger partial charge in [-0.15, -0.1) is 0 Å². The number of H-pyrrole nitrogens is 1. The Hall–Kier alpha value is -1.88.